The highest BCUT2D eigenvalue weighted by molar-refractivity contribution is 5.94. The standard InChI is InChI=1S/C29H31NO6/c1-29(2,3)36-28(33)30-18-24(27(32)35-20-22-12-8-5-9-13-22)16-23-14-15-25(31)26(17-23)34-19-21-10-6-4-7-11-21/h4-15,17-18,24,31H,16,19-20H2,1-3H3/b30-18-. The maximum Gasteiger partial charge on any atom is 0.433 e. The third-order valence-corrected chi connectivity index (χ3v) is 5.00. The van der Waals surface area contributed by atoms with Crippen LogP contribution in [-0.2, 0) is 33.9 Å². The Balaban J connectivity index is 1.74. The number of phenols is 1. The number of amides is 1. The number of hydrogen-bond acceptors (Lipinski definition) is 6. The van der Waals surface area contributed by atoms with Crippen LogP contribution in [0.4, 0.5) is 4.79 Å². The molecule has 0 aromatic heterocycles. The molecule has 0 aliphatic rings. The number of phenolic OH excluding ortho intramolecular Hbond substituents is 1. The summed E-state index contributed by atoms with van der Waals surface area (Å²) in [5, 5.41) is 10.2. The predicted molar refractivity (Wildman–Crippen MR) is 137 cm³/mol. The van der Waals surface area contributed by atoms with Crippen LogP contribution in [0.3, 0.4) is 0 Å². The zero-order chi connectivity index (χ0) is 26.0. The van der Waals surface area contributed by atoms with Gasteiger partial charge in [-0.25, -0.2) is 4.79 Å². The molecule has 1 amide bonds. The van der Waals surface area contributed by atoms with Crippen LogP contribution in [0.5, 0.6) is 11.5 Å². The van der Waals surface area contributed by atoms with Crippen molar-refractivity contribution in [2.24, 2.45) is 10.9 Å². The Morgan fingerprint density at radius 1 is 0.889 bits per heavy atom. The van der Waals surface area contributed by atoms with E-state index >= 15 is 0 Å². The quantitative estimate of drug-likeness (QED) is 0.298. The highest BCUT2D eigenvalue weighted by Crippen LogP contribution is 2.29. The van der Waals surface area contributed by atoms with Gasteiger partial charge >= 0.3 is 12.1 Å². The van der Waals surface area contributed by atoms with Gasteiger partial charge < -0.3 is 19.3 Å². The summed E-state index contributed by atoms with van der Waals surface area (Å²) in [4.78, 5) is 28.9. The highest BCUT2D eigenvalue weighted by atomic mass is 16.6. The maximum atomic E-state index is 12.9. The summed E-state index contributed by atoms with van der Waals surface area (Å²) >= 11 is 0. The van der Waals surface area contributed by atoms with Gasteiger partial charge in [0.15, 0.2) is 11.5 Å². The van der Waals surface area contributed by atoms with Crippen molar-refractivity contribution in [3.05, 3.63) is 95.6 Å². The van der Waals surface area contributed by atoms with Crippen molar-refractivity contribution >= 4 is 18.3 Å². The molecular formula is C29H31NO6. The minimum absolute atomic E-state index is 0.0136. The summed E-state index contributed by atoms with van der Waals surface area (Å²) < 4.78 is 16.5. The summed E-state index contributed by atoms with van der Waals surface area (Å²) in [7, 11) is 0. The maximum absolute atomic E-state index is 12.9. The molecule has 0 aliphatic carbocycles. The van der Waals surface area contributed by atoms with Crippen LogP contribution in [0.25, 0.3) is 0 Å². The molecule has 1 unspecified atom stereocenters. The number of rotatable bonds is 9. The fourth-order valence-corrected chi connectivity index (χ4v) is 3.26. The van der Waals surface area contributed by atoms with E-state index in [1.807, 2.05) is 60.7 Å². The van der Waals surface area contributed by atoms with Crippen LogP contribution in [-0.4, -0.2) is 29.0 Å². The molecule has 0 aliphatic heterocycles. The van der Waals surface area contributed by atoms with Crippen molar-refractivity contribution in [2.45, 2.75) is 46.0 Å². The lowest BCUT2D eigenvalue weighted by atomic mass is 10.00. The van der Waals surface area contributed by atoms with Crippen LogP contribution in [0, 0.1) is 5.92 Å². The van der Waals surface area contributed by atoms with Crippen molar-refractivity contribution in [3.63, 3.8) is 0 Å². The normalized spacial score (nSPS) is 12.2. The molecule has 7 nitrogen and oxygen atoms in total. The van der Waals surface area contributed by atoms with Gasteiger partial charge in [0.2, 0.25) is 0 Å². The Bertz CT molecular complexity index is 1170. The zero-order valence-electron chi connectivity index (χ0n) is 20.7. The van der Waals surface area contributed by atoms with E-state index in [0.717, 1.165) is 11.1 Å². The molecular weight excluding hydrogens is 458 g/mol. The first-order chi connectivity index (χ1) is 17.2. The number of benzene rings is 3. The highest BCUT2D eigenvalue weighted by Gasteiger charge is 2.22. The van der Waals surface area contributed by atoms with Gasteiger partial charge in [-0.1, -0.05) is 66.7 Å². The number of nitrogens with zero attached hydrogens (tertiary/aromatic N) is 1. The Hall–Kier alpha value is -4.13. The molecule has 3 aromatic rings. The van der Waals surface area contributed by atoms with Gasteiger partial charge in [-0.15, -0.1) is 0 Å². The van der Waals surface area contributed by atoms with Crippen molar-refractivity contribution in [1.29, 1.82) is 0 Å². The molecule has 0 radical (unpaired) electrons. The Morgan fingerprint density at radius 2 is 1.50 bits per heavy atom. The van der Waals surface area contributed by atoms with Crippen molar-refractivity contribution < 1.29 is 28.9 Å². The number of aromatic hydroxyl groups is 1. The molecule has 0 saturated heterocycles. The van der Waals surface area contributed by atoms with E-state index in [2.05, 4.69) is 4.99 Å². The van der Waals surface area contributed by atoms with Crippen LogP contribution in [0.1, 0.15) is 37.5 Å². The molecule has 3 aromatic carbocycles. The summed E-state index contributed by atoms with van der Waals surface area (Å²) in [6.45, 7) is 5.58. The first-order valence-corrected chi connectivity index (χ1v) is 11.7. The fourth-order valence-electron chi connectivity index (χ4n) is 3.26. The number of carbonyl (C=O) groups excluding carboxylic acids is 2. The lowest BCUT2D eigenvalue weighted by molar-refractivity contribution is -0.147. The second kappa shape index (κ2) is 12.5. The number of carbonyl (C=O) groups is 2. The van der Waals surface area contributed by atoms with Crippen LogP contribution < -0.4 is 4.74 Å². The summed E-state index contributed by atoms with van der Waals surface area (Å²) in [6, 6.07) is 23.7. The van der Waals surface area contributed by atoms with Gasteiger partial charge in [-0.2, -0.15) is 4.99 Å². The average molecular weight is 490 g/mol. The number of hydrogen-bond donors (Lipinski definition) is 1. The van der Waals surface area contributed by atoms with Crippen molar-refractivity contribution in [2.75, 3.05) is 0 Å². The predicted octanol–water partition coefficient (Wildman–Crippen LogP) is 5.88. The summed E-state index contributed by atoms with van der Waals surface area (Å²) in [6.07, 6.45) is 0.640. The lowest BCUT2D eigenvalue weighted by Gasteiger charge is -2.17. The minimum atomic E-state index is -0.854. The molecule has 3 rings (SSSR count). The van der Waals surface area contributed by atoms with E-state index in [4.69, 9.17) is 14.2 Å². The largest absolute Gasteiger partial charge is 0.504 e. The smallest absolute Gasteiger partial charge is 0.433 e. The fraction of sp³-hybridized carbons (Fsp3) is 0.276. The lowest BCUT2D eigenvalue weighted by Crippen LogP contribution is -2.24. The molecule has 1 atom stereocenters. The first kappa shape index (κ1) is 26.5. The van der Waals surface area contributed by atoms with Crippen molar-refractivity contribution in [1.82, 2.24) is 0 Å². The molecule has 0 fully saturated rings. The number of esters is 1. The van der Waals surface area contributed by atoms with E-state index in [-0.39, 0.29) is 31.1 Å². The molecule has 36 heavy (non-hydrogen) atoms. The van der Waals surface area contributed by atoms with Crippen molar-refractivity contribution in [3.8, 4) is 11.5 Å². The number of aliphatic imine (C=N–C) groups is 1. The zero-order valence-corrected chi connectivity index (χ0v) is 20.7. The molecule has 0 spiro atoms. The second-order valence-corrected chi connectivity index (χ2v) is 9.24. The van der Waals surface area contributed by atoms with Crippen LogP contribution >= 0.6 is 0 Å². The van der Waals surface area contributed by atoms with Gasteiger partial charge in [-0.05, 0) is 56.0 Å². The first-order valence-electron chi connectivity index (χ1n) is 11.7. The van der Waals surface area contributed by atoms with Gasteiger partial charge in [0.1, 0.15) is 18.8 Å². The van der Waals surface area contributed by atoms with Gasteiger partial charge in [0.05, 0.1) is 5.92 Å². The van der Waals surface area contributed by atoms with Crippen LogP contribution in [0.2, 0.25) is 0 Å². The SMILES string of the molecule is CC(C)(C)OC(=O)/N=C\C(Cc1ccc(O)c(OCc2ccccc2)c1)C(=O)OCc1ccccc1. The Kier molecular flexibility index (Phi) is 9.22. The van der Waals surface area contributed by atoms with E-state index < -0.39 is 23.6 Å². The third-order valence-electron chi connectivity index (χ3n) is 5.00. The molecule has 0 bridgehead atoms. The van der Waals surface area contributed by atoms with Gasteiger partial charge in [0, 0.05) is 6.21 Å². The molecule has 7 heteroatoms. The monoisotopic (exact) mass is 489 g/mol. The van der Waals surface area contributed by atoms with E-state index in [9.17, 15) is 14.7 Å². The summed E-state index contributed by atoms with van der Waals surface area (Å²) in [5.74, 6) is -1.11. The topological polar surface area (TPSA) is 94.4 Å². The third kappa shape index (κ3) is 8.91. The van der Waals surface area contributed by atoms with Crippen LogP contribution in [0.15, 0.2) is 83.9 Å². The van der Waals surface area contributed by atoms with Gasteiger partial charge in [0.25, 0.3) is 0 Å². The molecule has 188 valence electrons. The molecule has 0 heterocycles. The second-order valence-electron chi connectivity index (χ2n) is 9.24. The molecule has 0 saturated carbocycles. The summed E-state index contributed by atoms with van der Waals surface area (Å²) in [5.41, 5.74) is 1.79. The Labute approximate surface area is 211 Å². The average Bonchev–Trinajstić information content (AvgIpc) is 2.85. The minimum Gasteiger partial charge on any atom is -0.504 e. The van der Waals surface area contributed by atoms with Gasteiger partial charge in [-0.3, -0.25) is 4.79 Å². The van der Waals surface area contributed by atoms with E-state index in [1.54, 1.807) is 32.9 Å². The molecule has 1 N–H and O–H groups in total. The number of ether oxygens (including phenoxy) is 3. The Morgan fingerprint density at radius 3 is 2.11 bits per heavy atom. The van der Waals surface area contributed by atoms with E-state index in [0.29, 0.717) is 5.56 Å². The van der Waals surface area contributed by atoms with E-state index in [1.165, 1.54) is 12.3 Å².